The zero-order valence-corrected chi connectivity index (χ0v) is 23.8. The van der Waals surface area contributed by atoms with E-state index in [1.165, 1.54) is 36.1 Å². The Hall–Kier alpha value is -0.571. The zero-order valence-electron chi connectivity index (χ0n) is 20.2. The van der Waals surface area contributed by atoms with Crippen molar-refractivity contribution in [3.63, 3.8) is 0 Å². The molecule has 6 heteroatoms. The molecule has 2 aromatic rings. The van der Waals surface area contributed by atoms with E-state index in [1.54, 1.807) is 11.8 Å². The van der Waals surface area contributed by atoms with E-state index in [2.05, 4.69) is 75.4 Å². The molecule has 33 heavy (non-hydrogen) atoms. The van der Waals surface area contributed by atoms with E-state index >= 15 is 0 Å². The molecule has 180 valence electrons. The topological polar surface area (TPSA) is 36.9 Å². The van der Waals surface area contributed by atoms with Gasteiger partial charge in [-0.15, -0.1) is 0 Å². The summed E-state index contributed by atoms with van der Waals surface area (Å²) in [5.41, 5.74) is 1.10. The number of hydrogen-bond acceptors (Lipinski definition) is 5. The Balaban J connectivity index is 1.56. The van der Waals surface area contributed by atoms with E-state index in [-0.39, 0.29) is 29.9 Å². The first-order chi connectivity index (χ1) is 16.1. The summed E-state index contributed by atoms with van der Waals surface area (Å²) >= 11 is -1.46. The van der Waals surface area contributed by atoms with Gasteiger partial charge in [0, 0.05) is 0 Å². The molecular weight excluding hydrogens is 539 g/mol. The van der Waals surface area contributed by atoms with Crippen LogP contribution in [0.4, 0.5) is 0 Å². The normalized spacial score (nSPS) is 28.5. The average molecular weight is 577 g/mol. The second-order valence-electron chi connectivity index (χ2n) is 9.18. The second kappa shape index (κ2) is 12.4. The van der Waals surface area contributed by atoms with Crippen molar-refractivity contribution in [1.82, 2.24) is 0 Å². The fraction of sp³-hybridized carbons (Fsp3) is 0.556. The SMILES string of the molecule is CCC[CH2][Sn]1([CH2]CCC)[O][C@@H]2[C@@H](OCc3ccccc3)[C@H](C)O[C@@H](Sc3ccccc3)[C@@H]2[O]1. The van der Waals surface area contributed by atoms with Gasteiger partial charge in [0.15, 0.2) is 0 Å². The monoisotopic (exact) mass is 578 g/mol. The third-order valence-electron chi connectivity index (χ3n) is 6.53. The Morgan fingerprint density at radius 2 is 1.45 bits per heavy atom. The molecule has 4 rings (SSSR count). The van der Waals surface area contributed by atoms with Gasteiger partial charge in [-0.25, -0.2) is 0 Å². The molecule has 0 amide bonds. The maximum atomic E-state index is 7.07. The van der Waals surface area contributed by atoms with Crippen molar-refractivity contribution in [3.05, 3.63) is 66.2 Å². The molecule has 0 spiro atoms. The van der Waals surface area contributed by atoms with E-state index in [0.29, 0.717) is 6.61 Å². The van der Waals surface area contributed by atoms with Crippen molar-refractivity contribution in [1.29, 1.82) is 0 Å². The molecule has 5 atom stereocenters. The third kappa shape index (κ3) is 6.56. The molecular formula is C27H38O4SSn. The van der Waals surface area contributed by atoms with Crippen molar-refractivity contribution in [2.45, 2.75) is 96.7 Å². The van der Waals surface area contributed by atoms with Gasteiger partial charge in [0.1, 0.15) is 0 Å². The molecule has 2 heterocycles. The van der Waals surface area contributed by atoms with Crippen LogP contribution in [0, 0.1) is 0 Å². The predicted octanol–water partition coefficient (Wildman–Crippen LogP) is 6.94. The average Bonchev–Trinajstić information content (AvgIpc) is 3.23. The number of thioether (sulfide) groups is 1. The summed E-state index contributed by atoms with van der Waals surface area (Å²) < 4.78 is 29.4. The minimum absolute atomic E-state index is 0.0526. The number of rotatable bonds is 11. The Kier molecular flexibility index (Phi) is 9.60. The van der Waals surface area contributed by atoms with Crippen LogP contribution in [0.3, 0.4) is 0 Å². The number of fused-ring (bicyclic) bond motifs is 1. The van der Waals surface area contributed by atoms with Crippen molar-refractivity contribution in [3.8, 4) is 0 Å². The standard InChI is InChI=1S/C19H20O4S.2C4H9.Sn/c1-13-18(22-12-14-8-4-2-5-9-14)16(20)17(21)19(23-13)24-15-10-6-3-7-11-15;2*1-3-4-2;/h2-11,13,16-19H,12H2,1H3;2*1,3-4H2,2H3;/q-2;;;+2/t13-,16-,17+,18-,19-;;;/m0.../s1. The van der Waals surface area contributed by atoms with Gasteiger partial charge in [-0.1, -0.05) is 0 Å². The minimum atomic E-state index is -3.22. The summed E-state index contributed by atoms with van der Waals surface area (Å²) in [6.07, 6.45) is 4.42. The van der Waals surface area contributed by atoms with Crippen LogP contribution in [0.25, 0.3) is 0 Å². The summed E-state index contributed by atoms with van der Waals surface area (Å²) in [4.78, 5) is 1.20. The number of unbranched alkanes of at least 4 members (excludes halogenated alkanes) is 2. The van der Waals surface area contributed by atoms with Crippen LogP contribution in [0.5, 0.6) is 0 Å². The molecule has 2 aliphatic heterocycles. The second-order valence-corrected chi connectivity index (χ2v) is 19.8. The van der Waals surface area contributed by atoms with Gasteiger partial charge in [-0.3, -0.25) is 0 Å². The van der Waals surface area contributed by atoms with Gasteiger partial charge in [0.2, 0.25) is 0 Å². The van der Waals surface area contributed by atoms with Crippen molar-refractivity contribution >= 4 is 31.0 Å². The van der Waals surface area contributed by atoms with Gasteiger partial charge in [-0.05, 0) is 0 Å². The number of hydrogen-bond donors (Lipinski definition) is 0. The first kappa shape index (κ1) is 25.5. The summed E-state index contributed by atoms with van der Waals surface area (Å²) in [5, 5.41) is 0. The molecule has 2 saturated heterocycles. The molecule has 0 aromatic heterocycles. The van der Waals surface area contributed by atoms with Crippen molar-refractivity contribution in [2.75, 3.05) is 0 Å². The van der Waals surface area contributed by atoms with E-state index in [1.807, 2.05) is 6.07 Å². The Morgan fingerprint density at radius 3 is 2.09 bits per heavy atom. The van der Waals surface area contributed by atoms with Crippen LogP contribution in [0.15, 0.2) is 65.6 Å². The van der Waals surface area contributed by atoms with E-state index < -0.39 is 19.2 Å². The van der Waals surface area contributed by atoms with Crippen LogP contribution in [0.1, 0.15) is 52.0 Å². The fourth-order valence-corrected chi connectivity index (χ4v) is 17.8. The van der Waals surface area contributed by atoms with Crippen LogP contribution in [-0.2, 0) is 22.2 Å². The molecule has 0 bridgehead atoms. The molecule has 2 aromatic carbocycles. The Morgan fingerprint density at radius 1 is 0.848 bits per heavy atom. The van der Waals surface area contributed by atoms with Crippen molar-refractivity contribution in [2.24, 2.45) is 0 Å². The molecule has 4 nitrogen and oxygen atoms in total. The van der Waals surface area contributed by atoms with Crippen LogP contribution >= 0.6 is 11.8 Å². The summed E-state index contributed by atoms with van der Waals surface area (Å²) in [7, 11) is 0. The van der Waals surface area contributed by atoms with Gasteiger partial charge >= 0.3 is 209 Å². The molecule has 0 radical (unpaired) electrons. The molecule has 0 unspecified atom stereocenters. The van der Waals surface area contributed by atoms with Crippen molar-refractivity contribution < 1.29 is 15.6 Å². The van der Waals surface area contributed by atoms with Crippen LogP contribution in [-0.4, -0.2) is 49.1 Å². The maximum absolute atomic E-state index is 7.07. The number of ether oxygens (including phenoxy) is 2. The van der Waals surface area contributed by atoms with Crippen LogP contribution in [0.2, 0.25) is 8.87 Å². The first-order valence-corrected chi connectivity index (χ1v) is 19.8. The van der Waals surface area contributed by atoms with Crippen LogP contribution < -0.4 is 0 Å². The van der Waals surface area contributed by atoms with Gasteiger partial charge < -0.3 is 0 Å². The van der Waals surface area contributed by atoms with E-state index in [9.17, 15) is 0 Å². The van der Waals surface area contributed by atoms with E-state index in [4.69, 9.17) is 15.6 Å². The molecule has 0 saturated carbocycles. The van der Waals surface area contributed by atoms with Gasteiger partial charge in [0.05, 0.1) is 0 Å². The Bertz CT molecular complexity index is 829. The third-order valence-corrected chi connectivity index (χ3v) is 18.1. The molecule has 0 N–H and O–H groups in total. The molecule has 2 fully saturated rings. The summed E-state index contributed by atoms with van der Waals surface area (Å²) in [6.45, 7) is 7.20. The Labute approximate surface area is 208 Å². The first-order valence-electron chi connectivity index (χ1n) is 12.5. The fourth-order valence-electron chi connectivity index (χ4n) is 4.73. The quantitative estimate of drug-likeness (QED) is 0.271. The molecule has 2 aliphatic rings. The summed E-state index contributed by atoms with van der Waals surface area (Å²) in [5.74, 6) is 0. The number of benzene rings is 2. The summed E-state index contributed by atoms with van der Waals surface area (Å²) in [6, 6.07) is 20.9. The zero-order chi connectivity index (χ0) is 23.1. The van der Waals surface area contributed by atoms with Gasteiger partial charge in [-0.2, -0.15) is 0 Å². The van der Waals surface area contributed by atoms with E-state index in [0.717, 1.165) is 8.87 Å². The van der Waals surface area contributed by atoms with Gasteiger partial charge in [0.25, 0.3) is 0 Å². The predicted molar refractivity (Wildman–Crippen MR) is 137 cm³/mol. The molecule has 0 aliphatic carbocycles.